The number of aromatic nitrogens is 2. The second kappa shape index (κ2) is 7.26. The summed E-state index contributed by atoms with van der Waals surface area (Å²) in [5.41, 5.74) is -3.20. The monoisotopic (exact) mass is 359 g/mol. The summed E-state index contributed by atoms with van der Waals surface area (Å²) in [7, 11) is 0. The Balaban J connectivity index is 0.00000225. The third-order valence-corrected chi connectivity index (χ3v) is 4.07. The van der Waals surface area contributed by atoms with E-state index < -0.39 is 52.8 Å². The van der Waals surface area contributed by atoms with Crippen LogP contribution in [0.2, 0.25) is 0 Å². The topological polar surface area (TPSA) is 154 Å². The minimum absolute atomic E-state index is 0. The summed E-state index contributed by atoms with van der Waals surface area (Å²) >= 11 is 0. The molecule has 1 fully saturated rings. The second-order valence-electron chi connectivity index (χ2n) is 5.64. The normalized spacial score (nSPS) is 22.7. The van der Waals surface area contributed by atoms with E-state index in [4.69, 9.17) is 4.74 Å². The van der Waals surface area contributed by atoms with Crippen LogP contribution in [-0.2, 0) is 4.74 Å². The number of rotatable bonds is 4. The summed E-state index contributed by atoms with van der Waals surface area (Å²) in [4.78, 5) is 47.8. The Bertz CT molecular complexity index is 972. The SMILES string of the molecule is Cc1cn([C@H]2C[C@H](Nc3c([O-])c(=O)c3=O)[C@@H](CO)O2)c(=O)[nH]c1=O.[Na+]. The van der Waals surface area contributed by atoms with E-state index in [2.05, 4.69) is 10.3 Å². The fraction of sp³-hybridized carbons (Fsp3) is 0.429. The Morgan fingerprint density at radius 2 is 2.04 bits per heavy atom. The molecular weight excluding hydrogens is 345 g/mol. The van der Waals surface area contributed by atoms with Crippen LogP contribution in [0, 0.1) is 6.92 Å². The van der Waals surface area contributed by atoms with Crippen molar-refractivity contribution in [3.63, 3.8) is 0 Å². The van der Waals surface area contributed by atoms with E-state index in [1.165, 1.54) is 17.7 Å². The quantitative estimate of drug-likeness (QED) is 0.360. The first kappa shape index (κ1) is 19.6. The molecule has 3 rings (SSSR count). The Morgan fingerprint density at radius 3 is 2.64 bits per heavy atom. The number of aryl methyl sites for hydroxylation is 1. The molecule has 0 amide bonds. The minimum Gasteiger partial charge on any atom is -0.868 e. The zero-order valence-corrected chi connectivity index (χ0v) is 15.6. The van der Waals surface area contributed by atoms with Gasteiger partial charge in [-0.2, -0.15) is 0 Å². The number of nitrogens with one attached hydrogen (secondary N) is 2. The van der Waals surface area contributed by atoms with E-state index in [0.717, 1.165) is 0 Å². The molecule has 2 aromatic rings. The summed E-state index contributed by atoms with van der Waals surface area (Å²) in [6.45, 7) is 1.10. The van der Waals surface area contributed by atoms with Crippen LogP contribution in [-0.4, -0.2) is 33.4 Å². The van der Waals surface area contributed by atoms with Gasteiger partial charge in [-0.1, -0.05) is 0 Å². The molecule has 25 heavy (non-hydrogen) atoms. The van der Waals surface area contributed by atoms with Crippen LogP contribution in [0.5, 0.6) is 5.75 Å². The maximum Gasteiger partial charge on any atom is 1.00 e. The number of aliphatic hydroxyl groups is 1. The van der Waals surface area contributed by atoms with Crippen molar-refractivity contribution >= 4 is 5.69 Å². The third-order valence-electron chi connectivity index (χ3n) is 4.07. The van der Waals surface area contributed by atoms with Crippen molar-refractivity contribution in [3.8, 4) is 5.75 Å². The van der Waals surface area contributed by atoms with Crippen molar-refractivity contribution in [1.82, 2.24) is 9.55 Å². The molecular formula is C14H14N3NaO7. The van der Waals surface area contributed by atoms with E-state index in [-0.39, 0.29) is 41.7 Å². The first-order valence-corrected chi connectivity index (χ1v) is 7.18. The van der Waals surface area contributed by atoms with Gasteiger partial charge in [0, 0.05) is 18.2 Å². The average molecular weight is 359 g/mol. The van der Waals surface area contributed by atoms with Crippen LogP contribution in [0.4, 0.5) is 5.69 Å². The molecule has 3 atom stereocenters. The zero-order valence-electron chi connectivity index (χ0n) is 13.6. The van der Waals surface area contributed by atoms with Crippen molar-refractivity contribution in [3.05, 3.63) is 53.0 Å². The summed E-state index contributed by atoms with van der Waals surface area (Å²) in [5, 5.41) is 23.4. The molecule has 1 aromatic carbocycles. The summed E-state index contributed by atoms with van der Waals surface area (Å²) in [6, 6.07) is -0.643. The van der Waals surface area contributed by atoms with Gasteiger partial charge in [-0.3, -0.25) is 23.9 Å². The van der Waals surface area contributed by atoms with Gasteiger partial charge in [-0.15, -0.1) is 0 Å². The van der Waals surface area contributed by atoms with Crippen LogP contribution < -0.4 is 62.1 Å². The molecule has 0 saturated carbocycles. The first-order chi connectivity index (χ1) is 11.3. The molecule has 128 valence electrons. The van der Waals surface area contributed by atoms with E-state index in [1.807, 2.05) is 0 Å². The number of anilines is 1. The number of aromatic amines is 1. The number of nitrogens with zero attached hydrogens (tertiary/aromatic N) is 1. The second-order valence-corrected chi connectivity index (χ2v) is 5.64. The van der Waals surface area contributed by atoms with Gasteiger partial charge in [0.2, 0.25) is 10.9 Å². The van der Waals surface area contributed by atoms with Gasteiger partial charge in [-0.25, -0.2) is 4.79 Å². The van der Waals surface area contributed by atoms with Crippen molar-refractivity contribution in [2.75, 3.05) is 11.9 Å². The minimum atomic E-state index is -1.08. The van der Waals surface area contributed by atoms with E-state index >= 15 is 0 Å². The molecule has 1 aliphatic heterocycles. The molecule has 1 saturated heterocycles. The molecule has 11 heteroatoms. The molecule has 0 radical (unpaired) electrons. The maximum absolute atomic E-state index is 11.9. The van der Waals surface area contributed by atoms with E-state index in [1.54, 1.807) is 0 Å². The summed E-state index contributed by atoms with van der Waals surface area (Å²) in [6.07, 6.45) is -0.115. The predicted molar refractivity (Wildman–Crippen MR) is 79.9 cm³/mol. The van der Waals surface area contributed by atoms with E-state index in [9.17, 15) is 29.4 Å². The Hall–Kier alpha value is -1.72. The fourth-order valence-electron chi connectivity index (χ4n) is 2.71. The van der Waals surface area contributed by atoms with Gasteiger partial charge in [0.15, 0.2) is 0 Å². The van der Waals surface area contributed by atoms with Gasteiger partial charge in [-0.05, 0) is 12.7 Å². The molecule has 3 N–H and O–H groups in total. The average Bonchev–Trinajstić information content (AvgIpc) is 2.97. The van der Waals surface area contributed by atoms with Crippen molar-refractivity contribution in [1.29, 1.82) is 0 Å². The number of hydrogen-bond donors (Lipinski definition) is 3. The van der Waals surface area contributed by atoms with Gasteiger partial charge in [0.1, 0.15) is 12.3 Å². The van der Waals surface area contributed by atoms with Crippen LogP contribution in [0.25, 0.3) is 0 Å². The van der Waals surface area contributed by atoms with Crippen LogP contribution in [0.3, 0.4) is 0 Å². The summed E-state index contributed by atoms with van der Waals surface area (Å²) < 4.78 is 6.73. The van der Waals surface area contributed by atoms with Crippen LogP contribution in [0.15, 0.2) is 25.4 Å². The van der Waals surface area contributed by atoms with Gasteiger partial charge >= 0.3 is 35.2 Å². The smallest absolute Gasteiger partial charge is 0.868 e. The van der Waals surface area contributed by atoms with Gasteiger partial charge < -0.3 is 20.3 Å². The summed E-state index contributed by atoms with van der Waals surface area (Å²) in [5.74, 6) is -0.905. The van der Waals surface area contributed by atoms with Crippen LogP contribution >= 0.6 is 0 Å². The van der Waals surface area contributed by atoms with Crippen molar-refractivity contribution in [2.45, 2.75) is 31.7 Å². The molecule has 10 nitrogen and oxygen atoms in total. The van der Waals surface area contributed by atoms with Crippen LogP contribution in [0.1, 0.15) is 18.2 Å². The molecule has 2 heterocycles. The van der Waals surface area contributed by atoms with Crippen molar-refractivity contribution in [2.24, 2.45) is 0 Å². The first-order valence-electron chi connectivity index (χ1n) is 7.18. The molecule has 0 unspecified atom stereocenters. The fourth-order valence-corrected chi connectivity index (χ4v) is 2.71. The Labute approximate surface area is 162 Å². The largest absolute Gasteiger partial charge is 1.00 e. The van der Waals surface area contributed by atoms with E-state index in [0.29, 0.717) is 5.56 Å². The van der Waals surface area contributed by atoms with Crippen molar-refractivity contribution < 1.29 is 44.5 Å². The zero-order chi connectivity index (χ0) is 17.6. The molecule has 0 bridgehead atoms. The number of hydrogen-bond acceptors (Lipinski definition) is 8. The Morgan fingerprint density at radius 1 is 1.36 bits per heavy atom. The number of aliphatic hydroxyl groups excluding tert-OH is 1. The Kier molecular flexibility index (Phi) is 5.69. The third kappa shape index (κ3) is 3.35. The molecule has 1 aromatic heterocycles. The molecule has 0 aliphatic carbocycles. The standard InChI is InChI=1S/C14H15N3O7.Na/c1-5-3-17(14(23)16-13(5)22)8-2-6(7(4-18)24-8)15-9-10(19)12(21)11(9)20;/h3,6-8,15,18-19H,2,4H2,1H3,(H,16,22,23);/q;+1/p-1/t6-,7+,8+;/m0./s1. The molecule has 0 spiro atoms. The number of ether oxygens (including phenoxy) is 1. The maximum atomic E-state index is 11.9. The van der Waals surface area contributed by atoms with Gasteiger partial charge in [0.05, 0.1) is 18.3 Å². The van der Waals surface area contributed by atoms with Gasteiger partial charge in [0.25, 0.3) is 5.56 Å². The predicted octanol–water partition coefficient (Wildman–Crippen LogP) is -5.72. The molecule has 1 aliphatic rings. The number of H-pyrrole nitrogens is 1.